The van der Waals surface area contributed by atoms with Crippen LogP contribution in [0, 0.1) is 11.3 Å². The maximum absolute atomic E-state index is 10.9. The summed E-state index contributed by atoms with van der Waals surface area (Å²) < 4.78 is 0.620. The van der Waals surface area contributed by atoms with Crippen molar-refractivity contribution in [3.05, 3.63) is 28.2 Å². The fourth-order valence-corrected chi connectivity index (χ4v) is 2.74. The van der Waals surface area contributed by atoms with Gasteiger partial charge in [0.25, 0.3) is 0 Å². The van der Waals surface area contributed by atoms with Crippen molar-refractivity contribution in [2.24, 2.45) is 11.3 Å². The van der Waals surface area contributed by atoms with E-state index in [9.17, 15) is 4.79 Å². The molecule has 18 heavy (non-hydrogen) atoms. The molecule has 0 aromatic heterocycles. The highest BCUT2D eigenvalue weighted by molar-refractivity contribution is 9.10. The fraction of sp³-hybridized carbons (Fsp3) is 0.500. The number of aromatic carboxylic acids is 1. The standard InChI is InChI=1S/C14H18BrNO2/c1-9(2)14(5-6-14)8-16-10-3-4-11(13(17)18)12(15)7-10/h3-4,7,9,16H,5-6,8H2,1-2H3,(H,17,18). The first kappa shape index (κ1) is 13.4. The van der Waals surface area contributed by atoms with Gasteiger partial charge in [-0.2, -0.15) is 0 Å². The Morgan fingerprint density at radius 1 is 1.50 bits per heavy atom. The van der Waals surface area contributed by atoms with Crippen LogP contribution < -0.4 is 5.32 Å². The Hall–Kier alpha value is -1.03. The largest absolute Gasteiger partial charge is 0.478 e. The first-order valence-corrected chi connectivity index (χ1v) is 7.01. The first-order valence-electron chi connectivity index (χ1n) is 6.21. The van der Waals surface area contributed by atoms with Crippen LogP contribution in [0.1, 0.15) is 37.0 Å². The van der Waals surface area contributed by atoms with Crippen LogP contribution in [-0.2, 0) is 0 Å². The molecule has 0 unspecified atom stereocenters. The smallest absolute Gasteiger partial charge is 0.336 e. The maximum atomic E-state index is 10.9. The third kappa shape index (κ3) is 2.69. The van der Waals surface area contributed by atoms with Gasteiger partial charge in [0.15, 0.2) is 0 Å². The normalized spacial score (nSPS) is 16.7. The summed E-state index contributed by atoms with van der Waals surface area (Å²) in [5.74, 6) is -0.221. The van der Waals surface area contributed by atoms with Crippen molar-refractivity contribution in [3.63, 3.8) is 0 Å². The predicted molar refractivity (Wildman–Crippen MR) is 76.1 cm³/mol. The summed E-state index contributed by atoms with van der Waals surface area (Å²) in [7, 11) is 0. The number of nitrogens with one attached hydrogen (secondary N) is 1. The van der Waals surface area contributed by atoms with Gasteiger partial charge in [-0.1, -0.05) is 13.8 Å². The van der Waals surface area contributed by atoms with E-state index < -0.39 is 5.97 Å². The summed E-state index contributed by atoms with van der Waals surface area (Å²) in [5.41, 5.74) is 1.71. The second kappa shape index (κ2) is 4.92. The average Bonchev–Trinajstić information content (AvgIpc) is 3.07. The summed E-state index contributed by atoms with van der Waals surface area (Å²) in [6, 6.07) is 5.29. The van der Waals surface area contributed by atoms with E-state index in [1.165, 1.54) is 12.8 Å². The lowest BCUT2D eigenvalue weighted by molar-refractivity contribution is 0.0696. The van der Waals surface area contributed by atoms with Gasteiger partial charge in [-0.25, -0.2) is 4.79 Å². The SMILES string of the molecule is CC(C)C1(CNc2ccc(C(=O)O)c(Br)c2)CC1. The Morgan fingerprint density at radius 3 is 2.61 bits per heavy atom. The van der Waals surface area contributed by atoms with E-state index in [0.717, 1.165) is 12.2 Å². The van der Waals surface area contributed by atoms with Crippen molar-refractivity contribution in [2.75, 3.05) is 11.9 Å². The minimum absolute atomic E-state index is 0.297. The van der Waals surface area contributed by atoms with Gasteiger partial charge in [0.1, 0.15) is 0 Å². The molecule has 2 N–H and O–H groups in total. The lowest BCUT2D eigenvalue weighted by atomic mass is 9.92. The number of rotatable bonds is 5. The molecule has 0 atom stereocenters. The highest BCUT2D eigenvalue weighted by atomic mass is 79.9. The van der Waals surface area contributed by atoms with Crippen LogP contribution in [0.15, 0.2) is 22.7 Å². The molecular formula is C14H18BrNO2. The van der Waals surface area contributed by atoms with Crippen LogP contribution >= 0.6 is 15.9 Å². The zero-order chi connectivity index (χ0) is 13.3. The molecule has 1 aromatic rings. The Balaban J connectivity index is 2.03. The lowest BCUT2D eigenvalue weighted by Gasteiger charge is -2.21. The summed E-state index contributed by atoms with van der Waals surface area (Å²) >= 11 is 3.29. The monoisotopic (exact) mass is 311 g/mol. The molecule has 3 nitrogen and oxygen atoms in total. The average molecular weight is 312 g/mol. The molecule has 0 amide bonds. The van der Waals surface area contributed by atoms with Gasteiger partial charge in [0.05, 0.1) is 5.56 Å². The Labute approximate surface area is 116 Å². The van der Waals surface area contributed by atoms with E-state index in [1.54, 1.807) is 6.07 Å². The van der Waals surface area contributed by atoms with Gasteiger partial charge in [-0.05, 0) is 58.3 Å². The second-order valence-electron chi connectivity index (χ2n) is 5.37. The number of carboxylic acid groups (broad SMARTS) is 1. The number of halogens is 1. The molecule has 0 saturated heterocycles. The number of hydrogen-bond acceptors (Lipinski definition) is 2. The number of carboxylic acids is 1. The molecule has 0 bridgehead atoms. The molecule has 1 fully saturated rings. The van der Waals surface area contributed by atoms with Crippen LogP contribution in [0.25, 0.3) is 0 Å². The number of hydrogen-bond donors (Lipinski definition) is 2. The second-order valence-corrected chi connectivity index (χ2v) is 6.22. The van der Waals surface area contributed by atoms with Crippen molar-refractivity contribution in [3.8, 4) is 0 Å². The Kier molecular flexibility index (Phi) is 3.66. The highest BCUT2D eigenvalue weighted by Crippen LogP contribution is 2.51. The Morgan fingerprint density at radius 2 is 2.17 bits per heavy atom. The van der Waals surface area contributed by atoms with E-state index in [-0.39, 0.29) is 0 Å². The van der Waals surface area contributed by atoms with Gasteiger partial charge in [0, 0.05) is 16.7 Å². The zero-order valence-electron chi connectivity index (χ0n) is 10.7. The first-order chi connectivity index (χ1) is 8.44. The quantitative estimate of drug-likeness (QED) is 0.864. The molecular weight excluding hydrogens is 294 g/mol. The number of carbonyl (C=O) groups is 1. The molecule has 0 aliphatic heterocycles. The van der Waals surface area contributed by atoms with Gasteiger partial charge >= 0.3 is 5.97 Å². The van der Waals surface area contributed by atoms with Gasteiger partial charge in [0.2, 0.25) is 0 Å². The van der Waals surface area contributed by atoms with Crippen molar-refractivity contribution in [1.82, 2.24) is 0 Å². The minimum atomic E-state index is -0.908. The number of anilines is 1. The highest BCUT2D eigenvalue weighted by Gasteiger charge is 2.44. The third-order valence-corrected chi connectivity index (χ3v) is 4.62. The summed E-state index contributed by atoms with van der Waals surface area (Å²) in [6.45, 7) is 5.49. The van der Waals surface area contributed by atoms with Crippen molar-refractivity contribution in [1.29, 1.82) is 0 Å². The van der Waals surface area contributed by atoms with Crippen LogP contribution in [0.2, 0.25) is 0 Å². The molecule has 0 radical (unpaired) electrons. The summed E-state index contributed by atoms with van der Waals surface area (Å²) in [6.07, 6.45) is 2.57. The molecule has 1 aromatic carbocycles. The minimum Gasteiger partial charge on any atom is -0.478 e. The molecule has 2 rings (SSSR count). The van der Waals surface area contributed by atoms with E-state index in [1.807, 2.05) is 12.1 Å². The molecule has 1 aliphatic carbocycles. The molecule has 98 valence electrons. The summed E-state index contributed by atoms with van der Waals surface area (Å²) in [5, 5.41) is 12.4. The van der Waals surface area contributed by atoms with E-state index in [0.29, 0.717) is 21.4 Å². The fourth-order valence-electron chi connectivity index (χ4n) is 2.20. The van der Waals surface area contributed by atoms with Crippen LogP contribution in [0.5, 0.6) is 0 Å². The van der Waals surface area contributed by atoms with Crippen molar-refractivity contribution < 1.29 is 9.90 Å². The molecule has 0 heterocycles. The van der Waals surface area contributed by atoms with E-state index >= 15 is 0 Å². The molecule has 4 heteroatoms. The zero-order valence-corrected chi connectivity index (χ0v) is 12.3. The van der Waals surface area contributed by atoms with Crippen molar-refractivity contribution in [2.45, 2.75) is 26.7 Å². The van der Waals surface area contributed by atoms with E-state index in [2.05, 4.69) is 35.1 Å². The van der Waals surface area contributed by atoms with Gasteiger partial charge in [-0.15, -0.1) is 0 Å². The van der Waals surface area contributed by atoms with Gasteiger partial charge < -0.3 is 10.4 Å². The maximum Gasteiger partial charge on any atom is 0.336 e. The van der Waals surface area contributed by atoms with Gasteiger partial charge in [-0.3, -0.25) is 0 Å². The topological polar surface area (TPSA) is 49.3 Å². The lowest BCUT2D eigenvalue weighted by Crippen LogP contribution is -2.20. The molecule has 1 aliphatic rings. The molecule has 0 spiro atoms. The number of benzene rings is 1. The summed E-state index contributed by atoms with van der Waals surface area (Å²) in [4.78, 5) is 10.9. The van der Waals surface area contributed by atoms with Crippen LogP contribution in [0.3, 0.4) is 0 Å². The Bertz CT molecular complexity index is 467. The van der Waals surface area contributed by atoms with E-state index in [4.69, 9.17) is 5.11 Å². The third-order valence-electron chi connectivity index (χ3n) is 3.96. The van der Waals surface area contributed by atoms with Crippen molar-refractivity contribution >= 4 is 27.6 Å². The van der Waals surface area contributed by atoms with Crippen LogP contribution in [-0.4, -0.2) is 17.6 Å². The molecule has 1 saturated carbocycles. The van der Waals surface area contributed by atoms with Crippen LogP contribution in [0.4, 0.5) is 5.69 Å². The predicted octanol–water partition coefficient (Wildman–Crippen LogP) is 4.00.